The van der Waals surface area contributed by atoms with Crippen LogP contribution in [0.25, 0.3) is 0 Å². The number of carbonyl (C=O) groups excluding carboxylic acids is 2. The van der Waals surface area contributed by atoms with Crippen LogP contribution in [0.1, 0.15) is 23.7 Å². The molecule has 1 aliphatic heterocycles. The molecule has 6 heteroatoms. The van der Waals surface area contributed by atoms with Crippen LogP contribution in [0.5, 0.6) is 5.75 Å². The number of nitrogens with zero attached hydrogens (tertiary/aromatic N) is 1. The van der Waals surface area contributed by atoms with Crippen LogP contribution in [0.15, 0.2) is 22.7 Å². The minimum absolute atomic E-state index is 0.0857. The van der Waals surface area contributed by atoms with Crippen molar-refractivity contribution in [2.75, 3.05) is 20.2 Å². The third-order valence-corrected chi connectivity index (χ3v) is 4.04. The highest BCUT2D eigenvalue weighted by molar-refractivity contribution is 9.10. The van der Waals surface area contributed by atoms with Crippen LogP contribution in [0, 0.1) is 0 Å². The number of carbonyl (C=O) groups is 2. The number of methoxy groups -OCH3 is 1. The molecule has 1 aromatic rings. The van der Waals surface area contributed by atoms with Gasteiger partial charge in [-0.3, -0.25) is 9.59 Å². The summed E-state index contributed by atoms with van der Waals surface area (Å²) >= 11 is 3.35. The standard InChI is InChI=1S/C14H17BrN2O3/c1-3-17-8-9(6-13(17)18)16-14(19)11-7-10(20-2)4-5-12(11)15/h4-5,7,9H,3,6,8H2,1-2H3,(H,16,19). The van der Waals surface area contributed by atoms with Crippen molar-refractivity contribution in [1.82, 2.24) is 10.2 Å². The minimum Gasteiger partial charge on any atom is -0.497 e. The largest absolute Gasteiger partial charge is 0.497 e. The number of nitrogens with one attached hydrogen (secondary N) is 1. The Bertz CT molecular complexity index is 533. The van der Waals surface area contributed by atoms with Gasteiger partial charge < -0.3 is 15.0 Å². The number of rotatable bonds is 4. The van der Waals surface area contributed by atoms with E-state index in [0.717, 1.165) is 0 Å². The first-order valence-corrected chi connectivity index (χ1v) is 7.26. The first kappa shape index (κ1) is 14.8. The van der Waals surface area contributed by atoms with E-state index in [0.29, 0.717) is 35.3 Å². The molecule has 108 valence electrons. The zero-order chi connectivity index (χ0) is 14.7. The molecular formula is C14H17BrN2O3. The quantitative estimate of drug-likeness (QED) is 0.909. The van der Waals surface area contributed by atoms with E-state index in [1.165, 1.54) is 0 Å². The van der Waals surface area contributed by atoms with E-state index in [9.17, 15) is 9.59 Å². The van der Waals surface area contributed by atoms with Gasteiger partial charge in [-0.25, -0.2) is 0 Å². The van der Waals surface area contributed by atoms with Crippen LogP contribution in [0.3, 0.4) is 0 Å². The second-order valence-electron chi connectivity index (χ2n) is 4.65. The van der Waals surface area contributed by atoms with E-state index >= 15 is 0 Å². The van der Waals surface area contributed by atoms with Gasteiger partial charge in [0.1, 0.15) is 5.75 Å². The fraction of sp³-hybridized carbons (Fsp3) is 0.429. The maximum Gasteiger partial charge on any atom is 0.252 e. The van der Waals surface area contributed by atoms with E-state index in [1.807, 2.05) is 6.92 Å². The van der Waals surface area contributed by atoms with Gasteiger partial charge in [-0.05, 0) is 41.1 Å². The number of likely N-dealkylation sites (tertiary alicyclic amines) is 1. The summed E-state index contributed by atoms with van der Waals surface area (Å²) in [5.74, 6) is 0.505. The molecule has 1 aliphatic rings. The van der Waals surface area contributed by atoms with Gasteiger partial charge in [0.05, 0.1) is 18.7 Å². The molecule has 20 heavy (non-hydrogen) atoms. The summed E-state index contributed by atoms with van der Waals surface area (Å²) in [6.45, 7) is 3.18. The lowest BCUT2D eigenvalue weighted by molar-refractivity contribution is -0.127. The Hall–Kier alpha value is -1.56. The Balaban J connectivity index is 2.07. The smallest absolute Gasteiger partial charge is 0.252 e. The van der Waals surface area contributed by atoms with Crippen LogP contribution in [0.4, 0.5) is 0 Å². The van der Waals surface area contributed by atoms with E-state index in [1.54, 1.807) is 30.2 Å². The third-order valence-electron chi connectivity index (χ3n) is 3.35. The topological polar surface area (TPSA) is 58.6 Å². The van der Waals surface area contributed by atoms with Crippen LogP contribution < -0.4 is 10.1 Å². The summed E-state index contributed by atoms with van der Waals surface area (Å²) in [6.07, 6.45) is 0.362. The van der Waals surface area contributed by atoms with Gasteiger partial charge in [0.2, 0.25) is 5.91 Å². The number of benzene rings is 1. The Morgan fingerprint density at radius 2 is 2.30 bits per heavy atom. The normalized spacial score (nSPS) is 18.2. The number of ether oxygens (including phenoxy) is 1. The molecule has 5 nitrogen and oxygen atoms in total. The van der Waals surface area contributed by atoms with Gasteiger partial charge in [0, 0.05) is 24.0 Å². The van der Waals surface area contributed by atoms with Crippen molar-refractivity contribution >= 4 is 27.7 Å². The summed E-state index contributed by atoms with van der Waals surface area (Å²) in [5.41, 5.74) is 0.506. The highest BCUT2D eigenvalue weighted by Gasteiger charge is 2.29. The average molecular weight is 341 g/mol. The molecular weight excluding hydrogens is 324 g/mol. The summed E-state index contributed by atoms with van der Waals surface area (Å²) in [4.78, 5) is 25.7. The van der Waals surface area contributed by atoms with E-state index in [2.05, 4.69) is 21.2 Å². The second kappa shape index (κ2) is 6.26. The molecule has 0 spiro atoms. The van der Waals surface area contributed by atoms with Crippen molar-refractivity contribution in [2.24, 2.45) is 0 Å². The molecule has 2 amide bonds. The monoisotopic (exact) mass is 340 g/mol. The lowest BCUT2D eigenvalue weighted by Gasteiger charge is -2.15. The van der Waals surface area contributed by atoms with E-state index in [4.69, 9.17) is 4.74 Å². The van der Waals surface area contributed by atoms with E-state index < -0.39 is 0 Å². The Morgan fingerprint density at radius 1 is 1.55 bits per heavy atom. The first-order valence-electron chi connectivity index (χ1n) is 6.47. The van der Waals surface area contributed by atoms with Crippen LogP contribution >= 0.6 is 15.9 Å². The molecule has 1 heterocycles. The molecule has 1 saturated heterocycles. The molecule has 2 rings (SSSR count). The van der Waals surface area contributed by atoms with Crippen LogP contribution in [0.2, 0.25) is 0 Å². The van der Waals surface area contributed by atoms with Crippen LogP contribution in [-0.2, 0) is 4.79 Å². The van der Waals surface area contributed by atoms with Gasteiger partial charge >= 0.3 is 0 Å². The van der Waals surface area contributed by atoms with Gasteiger partial charge in [0.25, 0.3) is 5.91 Å². The molecule has 0 aromatic heterocycles. The number of halogens is 1. The van der Waals surface area contributed by atoms with Crippen molar-refractivity contribution in [2.45, 2.75) is 19.4 Å². The van der Waals surface area contributed by atoms with Crippen LogP contribution in [-0.4, -0.2) is 43.0 Å². The predicted octanol–water partition coefficient (Wildman–Crippen LogP) is 1.81. The van der Waals surface area contributed by atoms with Crippen molar-refractivity contribution in [3.8, 4) is 5.75 Å². The Kier molecular flexibility index (Phi) is 4.65. The summed E-state index contributed by atoms with van der Waals surface area (Å²) < 4.78 is 5.82. The maximum atomic E-state index is 12.3. The zero-order valence-electron chi connectivity index (χ0n) is 11.5. The van der Waals surface area contributed by atoms with E-state index in [-0.39, 0.29) is 17.9 Å². The minimum atomic E-state index is -0.202. The van der Waals surface area contributed by atoms with Gasteiger partial charge in [-0.1, -0.05) is 0 Å². The van der Waals surface area contributed by atoms with Crippen molar-refractivity contribution < 1.29 is 14.3 Å². The van der Waals surface area contributed by atoms with Gasteiger partial charge in [-0.15, -0.1) is 0 Å². The highest BCUT2D eigenvalue weighted by atomic mass is 79.9. The summed E-state index contributed by atoms with van der Waals surface area (Å²) in [5, 5.41) is 2.90. The zero-order valence-corrected chi connectivity index (χ0v) is 13.1. The SMILES string of the molecule is CCN1CC(NC(=O)c2cc(OC)ccc2Br)CC1=O. The molecule has 1 unspecified atom stereocenters. The summed E-state index contributed by atoms with van der Waals surface area (Å²) in [7, 11) is 1.56. The second-order valence-corrected chi connectivity index (χ2v) is 5.51. The average Bonchev–Trinajstić information content (AvgIpc) is 2.79. The molecule has 0 bridgehead atoms. The van der Waals surface area contributed by atoms with Gasteiger partial charge in [0.15, 0.2) is 0 Å². The van der Waals surface area contributed by atoms with Crippen molar-refractivity contribution in [1.29, 1.82) is 0 Å². The van der Waals surface area contributed by atoms with Crippen molar-refractivity contribution in [3.63, 3.8) is 0 Å². The third kappa shape index (κ3) is 3.12. The Labute approximate surface area is 126 Å². The highest BCUT2D eigenvalue weighted by Crippen LogP contribution is 2.23. The van der Waals surface area contributed by atoms with Gasteiger partial charge in [-0.2, -0.15) is 0 Å². The molecule has 1 atom stereocenters. The Morgan fingerprint density at radius 3 is 2.90 bits per heavy atom. The number of likely N-dealkylation sites (N-methyl/N-ethyl adjacent to an activating group) is 1. The molecule has 0 radical (unpaired) electrons. The molecule has 1 aromatic carbocycles. The molecule has 0 aliphatic carbocycles. The molecule has 0 saturated carbocycles. The first-order chi connectivity index (χ1) is 9.55. The number of hydrogen-bond acceptors (Lipinski definition) is 3. The molecule has 1 fully saturated rings. The fourth-order valence-electron chi connectivity index (χ4n) is 2.24. The number of amides is 2. The lowest BCUT2D eigenvalue weighted by Crippen LogP contribution is -2.37. The predicted molar refractivity (Wildman–Crippen MR) is 78.8 cm³/mol. The fourth-order valence-corrected chi connectivity index (χ4v) is 2.67. The lowest BCUT2D eigenvalue weighted by atomic mass is 10.1. The summed E-state index contributed by atoms with van der Waals surface area (Å²) in [6, 6.07) is 5.09. The molecule has 1 N–H and O–H groups in total. The maximum absolute atomic E-state index is 12.3. The number of hydrogen-bond donors (Lipinski definition) is 1. The van der Waals surface area contributed by atoms with Crippen molar-refractivity contribution in [3.05, 3.63) is 28.2 Å².